The number of nitrogens with zero attached hydrogens (tertiary/aromatic N) is 2. The molecule has 0 aliphatic heterocycles. The van der Waals surface area contributed by atoms with Crippen LogP contribution in [0.2, 0.25) is 0 Å². The molecule has 1 aromatic heterocycles. The molecule has 1 fully saturated rings. The summed E-state index contributed by atoms with van der Waals surface area (Å²) in [7, 11) is 0. The van der Waals surface area contributed by atoms with E-state index in [1.165, 1.54) is 11.1 Å². The molecule has 8 nitrogen and oxygen atoms in total. The van der Waals surface area contributed by atoms with E-state index in [1.807, 2.05) is 0 Å². The Morgan fingerprint density at radius 2 is 2.10 bits per heavy atom. The molecular weight excluding hydrogens is 266 g/mol. The minimum absolute atomic E-state index is 0.0697. The van der Waals surface area contributed by atoms with E-state index in [4.69, 9.17) is 5.11 Å². The van der Waals surface area contributed by atoms with E-state index in [-0.39, 0.29) is 31.5 Å². The van der Waals surface area contributed by atoms with Crippen molar-refractivity contribution in [2.24, 2.45) is 0 Å². The Morgan fingerprint density at radius 3 is 2.65 bits per heavy atom. The Morgan fingerprint density at radius 1 is 1.40 bits per heavy atom. The highest BCUT2D eigenvalue weighted by Crippen LogP contribution is 2.27. The number of carboxylic acids is 1. The highest BCUT2D eigenvalue weighted by atomic mass is 16.4. The van der Waals surface area contributed by atoms with Gasteiger partial charge in [-0.2, -0.15) is 0 Å². The summed E-state index contributed by atoms with van der Waals surface area (Å²) in [5, 5.41) is 8.68. The van der Waals surface area contributed by atoms with Crippen molar-refractivity contribution in [3.63, 3.8) is 0 Å². The predicted octanol–water partition coefficient (Wildman–Crippen LogP) is -0.998. The number of aliphatic carboxylic acids is 1. The van der Waals surface area contributed by atoms with Crippen molar-refractivity contribution >= 4 is 11.9 Å². The highest BCUT2D eigenvalue weighted by molar-refractivity contribution is 5.77. The third kappa shape index (κ3) is 3.56. The fourth-order valence-corrected chi connectivity index (χ4v) is 1.92. The van der Waals surface area contributed by atoms with E-state index in [0.717, 1.165) is 23.5 Å². The first-order valence-corrected chi connectivity index (χ1v) is 6.28. The van der Waals surface area contributed by atoms with Crippen molar-refractivity contribution in [3.05, 3.63) is 33.1 Å². The van der Waals surface area contributed by atoms with Crippen LogP contribution < -0.4 is 11.2 Å². The second-order valence-corrected chi connectivity index (χ2v) is 4.70. The number of aromatic amines is 1. The molecule has 0 radical (unpaired) electrons. The number of carbonyl (C=O) groups is 2. The van der Waals surface area contributed by atoms with Crippen LogP contribution in [0, 0.1) is 0 Å². The number of carbonyl (C=O) groups excluding carboxylic acids is 1. The van der Waals surface area contributed by atoms with Crippen LogP contribution in [0.5, 0.6) is 0 Å². The van der Waals surface area contributed by atoms with Gasteiger partial charge in [0.1, 0.15) is 6.54 Å². The maximum absolute atomic E-state index is 12.1. The monoisotopic (exact) mass is 281 g/mol. The van der Waals surface area contributed by atoms with Crippen LogP contribution in [0.15, 0.2) is 21.9 Å². The first-order valence-electron chi connectivity index (χ1n) is 6.28. The summed E-state index contributed by atoms with van der Waals surface area (Å²) in [5.41, 5.74) is -1.18. The lowest BCUT2D eigenvalue weighted by molar-refractivity contribution is -0.138. The third-order valence-electron chi connectivity index (χ3n) is 3.08. The minimum atomic E-state index is -0.968. The number of hydrogen-bond acceptors (Lipinski definition) is 4. The summed E-state index contributed by atoms with van der Waals surface area (Å²) in [6.07, 6.45) is 2.84. The summed E-state index contributed by atoms with van der Waals surface area (Å²) in [4.78, 5) is 48.7. The molecule has 20 heavy (non-hydrogen) atoms. The maximum atomic E-state index is 12.1. The molecular formula is C12H15N3O5. The highest BCUT2D eigenvalue weighted by Gasteiger charge is 2.32. The van der Waals surface area contributed by atoms with Gasteiger partial charge in [0.2, 0.25) is 5.91 Å². The van der Waals surface area contributed by atoms with E-state index in [9.17, 15) is 19.2 Å². The fraction of sp³-hybridized carbons (Fsp3) is 0.500. The number of rotatable bonds is 6. The molecule has 0 spiro atoms. The van der Waals surface area contributed by atoms with E-state index in [0.29, 0.717) is 0 Å². The molecule has 1 aromatic rings. The topological polar surface area (TPSA) is 112 Å². The number of carboxylic acid groups (broad SMARTS) is 1. The van der Waals surface area contributed by atoms with Crippen LogP contribution in [0.3, 0.4) is 0 Å². The second kappa shape index (κ2) is 5.72. The van der Waals surface area contributed by atoms with Crippen LogP contribution in [-0.4, -0.2) is 44.0 Å². The number of aromatic nitrogens is 2. The first kappa shape index (κ1) is 14.0. The lowest BCUT2D eigenvalue weighted by Crippen LogP contribution is -2.40. The second-order valence-electron chi connectivity index (χ2n) is 4.70. The molecule has 8 heteroatoms. The van der Waals surface area contributed by atoms with Gasteiger partial charge in [-0.3, -0.25) is 23.9 Å². The zero-order valence-corrected chi connectivity index (χ0v) is 10.7. The van der Waals surface area contributed by atoms with Crippen LogP contribution in [-0.2, 0) is 16.1 Å². The molecule has 2 rings (SSSR count). The molecule has 0 atom stereocenters. The van der Waals surface area contributed by atoms with Gasteiger partial charge in [-0.05, 0) is 12.8 Å². The molecule has 0 bridgehead atoms. The van der Waals surface area contributed by atoms with Crippen LogP contribution in [0.25, 0.3) is 0 Å². The Balaban J connectivity index is 2.06. The van der Waals surface area contributed by atoms with Gasteiger partial charge in [-0.25, -0.2) is 4.79 Å². The van der Waals surface area contributed by atoms with Crippen molar-refractivity contribution in [3.8, 4) is 0 Å². The fourth-order valence-electron chi connectivity index (χ4n) is 1.92. The lowest BCUT2D eigenvalue weighted by Gasteiger charge is -2.21. The minimum Gasteiger partial charge on any atom is -0.481 e. The van der Waals surface area contributed by atoms with Crippen molar-refractivity contribution in [2.45, 2.75) is 31.8 Å². The average Bonchev–Trinajstić information content (AvgIpc) is 3.17. The molecule has 1 saturated carbocycles. The van der Waals surface area contributed by atoms with Crippen molar-refractivity contribution in [2.75, 3.05) is 6.54 Å². The standard InChI is InChI=1S/C12H15N3O5/c16-9-3-5-14(12(20)13-9)7-10(17)15(8-1-2-8)6-4-11(18)19/h3,5,8H,1-2,4,6-7H2,(H,18,19)(H,13,16,20). The van der Waals surface area contributed by atoms with Crippen molar-refractivity contribution < 1.29 is 14.7 Å². The van der Waals surface area contributed by atoms with E-state index >= 15 is 0 Å². The largest absolute Gasteiger partial charge is 0.481 e. The molecule has 0 saturated heterocycles. The van der Waals surface area contributed by atoms with Gasteiger partial charge < -0.3 is 10.0 Å². The van der Waals surface area contributed by atoms with Gasteiger partial charge in [0.15, 0.2) is 0 Å². The van der Waals surface area contributed by atoms with Crippen molar-refractivity contribution in [1.82, 2.24) is 14.5 Å². The normalized spacial score (nSPS) is 14.0. The van der Waals surface area contributed by atoms with Crippen LogP contribution in [0.4, 0.5) is 0 Å². The predicted molar refractivity (Wildman–Crippen MR) is 68.3 cm³/mol. The Hall–Kier alpha value is -2.38. The van der Waals surface area contributed by atoms with Crippen LogP contribution in [0.1, 0.15) is 19.3 Å². The molecule has 1 aliphatic carbocycles. The average molecular weight is 281 g/mol. The first-order chi connectivity index (χ1) is 9.47. The van der Waals surface area contributed by atoms with Gasteiger partial charge in [-0.15, -0.1) is 0 Å². The maximum Gasteiger partial charge on any atom is 0.328 e. The Kier molecular flexibility index (Phi) is 4.02. The zero-order valence-electron chi connectivity index (χ0n) is 10.7. The van der Waals surface area contributed by atoms with Gasteiger partial charge in [0.25, 0.3) is 5.56 Å². The van der Waals surface area contributed by atoms with Gasteiger partial charge in [0.05, 0.1) is 6.42 Å². The molecule has 1 heterocycles. The van der Waals surface area contributed by atoms with Gasteiger partial charge in [0, 0.05) is 24.8 Å². The van der Waals surface area contributed by atoms with Gasteiger partial charge in [-0.1, -0.05) is 0 Å². The van der Waals surface area contributed by atoms with E-state index < -0.39 is 17.2 Å². The quantitative estimate of drug-likeness (QED) is 0.694. The number of H-pyrrole nitrogens is 1. The molecule has 0 unspecified atom stereocenters. The summed E-state index contributed by atoms with van der Waals surface area (Å²) >= 11 is 0. The smallest absolute Gasteiger partial charge is 0.328 e. The third-order valence-corrected chi connectivity index (χ3v) is 3.08. The number of nitrogens with one attached hydrogen (secondary N) is 1. The number of hydrogen-bond donors (Lipinski definition) is 2. The summed E-state index contributed by atoms with van der Waals surface area (Å²) in [6, 6.07) is 1.23. The SMILES string of the molecule is O=C(O)CCN(C(=O)Cn1ccc(=O)[nH]c1=O)C1CC1. The molecule has 0 aromatic carbocycles. The Bertz CT molecular complexity index is 628. The summed E-state index contributed by atoms with van der Waals surface area (Å²) in [5.74, 6) is -1.28. The summed E-state index contributed by atoms with van der Waals surface area (Å²) < 4.78 is 1.10. The van der Waals surface area contributed by atoms with Crippen LogP contribution >= 0.6 is 0 Å². The molecule has 1 amide bonds. The molecule has 2 N–H and O–H groups in total. The lowest BCUT2D eigenvalue weighted by atomic mass is 10.3. The molecule has 108 valence electrons. The number of amides is 1. The Labute approximate surface area is 113 Å². The zero-order chi connectivity index (χ0) is 14.7. The van der Waals surface area contributed by atoms with Crippen molar-refractivity contribution in [1.29, 1.82) is 0 Å². The van der Waals surface area contributed by atoms with Gasteiger partial charge >= 0.3 is 11.7 Å². The van der Waals surface area contributed by atoms with E-state index in [1.54, 1.807) is 0 Å². The summed E-state index contributed by atoms with van der Waals surface area (Å²) in [6.45, 7) is -0.0668. The van der Waals surface area contributed by atoms with E-state index in [2.05, 4.69) is 4.98 Å². The molecule has 1 aliphatic rings.